The third kappa shape index (κ3) is 7.73. The first-order valence-corrected chi connectivity index (χ1v) is 8.71. The smallest absolute Gasteiger partial charge is 0.303 e. The summed E-state index contributed by atoms with van der Waals surface area (Å²) >= 11 is 0. The van der Waals surface area contributed by atoms with Gasteiger partial charge in [0.05, 0.1) is 6.04 Å². The second-order valence-electron chi connectivity index (χ2n) is 7.01. The van der Waals surface area contributed by atoms with Crippen LogP contribution in [0.2, 0.25) is 0 Å². The Labute approximate surface area is 144 Å². The minimum atomic E-state index is -0.880. The zero-order valence-electron chi connectivity index (χ0n) is 14.8. The fourth-order valence-electron chi connectivity index (χ4n) is 2.93. The van der Waals surface area contributed by atoms with E-state index >= 15 is 0 Å². The molecule has 0 unspecified atom stereocenters. The lowest BCUT2D eigenvalue weighted by molar-refractivity contribution is -0.137. The first-order chi connectivity index (χ1) is 11.3. The molecule has 24 heavy (non-hydrogen) atoms. The number of Topliss-reactive ketones (excluding diaryl/α,β-unsaturated/α-hetero) is 1. The summed E-state index contributed by atoms with van der Waals surface area (Å²) in [5.41, 5.74) is 0.679. The normalized spacial score (nSPS) is 18.4. The predicted octanol–water partition coefficient (Wildman–Crippen LogP) is 1.90. The van der Waals surface area contributed by atoms with Crippen LogP contribution >= 0.6 is 0 Å². The lowest BCUT2D eigenvalue weighted by Gasteiger charge is -2.20. The average molecular weight is 338 g/mol. The summed E-state index contributed by atoms with van der Waals surface area (Å²) < 4.78 is 0. The largest absolute Gasteiger partial charge is 0.481 e. The molecule has 0 aromatic rings. The van der Waals surface area contributed by atoms with Crippen LogP contribution in [0.15, 0.2) is 12.2 Å². The van der Waals surface area contributed by atoms with Crippen molar-refractivity contribution in [3.8, 4) is 0 Å². The van der Waals surface area contributed by atoms with E-state index in [1.807, 2.05) is 13.8 Å². The Hall–Kier alpha value is -1.69. The Morgan fingerprint density at radius 1 is 1.29 bits per heavy atom. The van der Waals surface area contributed by atoms with Crippen LogP contribution in [0.3, 0.4) is 0 Å². The van der Waals surface area contributed by atoms with Gasteiger partial charge in [0.1, 0.15) is 0 Å². The summed E-state index contributed by atoms with van der Waals surface area (Å²) in [6, 6.07) is -0.113. The fourth-order valence-corrected chi connectivity index (χ4v) is 2.93. The number of carbonyl (C=O) groups is 3. The molecule has 0 aromatic heterocycles. The molecule has 0 aromatic carbocycles. The minimum absolute atomic E-state index is 0.00988. The molecule has 3 N–H and O–H groups in total. The van der Waals surface area contributed by atoms with Crippen LogP contribution in [0.25, 0.3) is 0 Å². The molecule has 0 aliphatic carbocycles. The topological polar surface area (TPSA) is 95.5 Å². The Kier molecular flexibility index (Phi) is 8.68. The van der Waals surface area contributed by atoms with E-state index in [4.69, 9.17) is 5.11 Å². The van der Waals surface area contributed by atoms with Gasteiger partial charge in [-0.15, -0.1) is 0 Å². The van der Waals surface area contributed by atoms with Gasteiger partial charge in [-0.05, 0) is 38.1 Å². The molecular formula is C18H30N2O4. The van der Waals surface area contributed by atoms with Crippen molar-refractivity contribution in [2.75, 3.05) is 13.1 Å². The maximum atomic E-state index is 12.4. The van der Waals surface area contributed by atoms with Gasteiger partial charge in [0.2, 0.25) is 5.91 Å². The third-order valence-corrected chi connectivity index (χ3v) is 4.23. The van der Waals surface area contributed by atoms with Gasteiger partial charge < -0.3 is 15.7 Å². The van der Waals surface area contributed by atoms with E-state index < -0.39 is 5.97 Å². The zero-order chi connectivity index (χ0) is 18.1. The highest BCUT2D eigenvalue weighted by Gasteiger charge is 2.28. The number of amides is 1. The van der Waals surface area contributed by atoms with E-state index in [9.17, 15) is 14.4 Å². The second-order valence-corrected chi connectivity index (χ2v) is 7.01. The number of carboxylic acid groups (broad SMARTS) is 1. The van der Waals surface area contributed by atoms with Crippen molar-refractivity contribution in [2.24, 2.45) is 11.8 Å². The van der Waals surface area contributed by atoms with Crippen molar-refractivity contribution in [3.05, 3.63) is 12.2 Å². The molecule has 6 nitrogen and oxygen atoms in total. The second kappa shape index (κ2) is 10.2. The summed E-state index contributed by atoms with van der Waals surface area (Å²) in [6.07, 6.45) is 3.11. The number of nitrogens with one attached hydrogen (secondary N) is 2. The fraction of sp³-hybridized carbons (Fsp3) is 0.722. The maximum Gasteiger partial charge on any atom is 0.303 e. The molecule has 0 saturated carbocycles. The average Bonchev–Trinajstić information content (AvgIpc) is 3.03. The number of carbonyl (C=O) groups excluding carboxylic acids is 2. The molecule has 1 aliphatic rings. The van der Waals surface area contributed by atoms with Gasteiger partial charge in [-0.3, -0.25) is 14.4 Å². The molecular weight excluding hydrogens is 308 g/mol. The van der Waals surface area contributed by atoms with Crippen LogP contribution in [0.5, 0.6) is 0 Å². The van der Waals surface area contributed by atoms with E-state index in [2.05, 4.69) is 17.2 Å². The third-order valence-electron chi connectivity index (χ3n) is 4.23. The van der Waals surface area contributed by atoms with Crippen molar-refractivity contribution in [1.82, 2.24) is 10.6 Å². The highest BCUT2D eigenvalue weighted by molar-refractivity contribution is 5.90. The van der Waals surface area contributed by atoms with E-state index in [1.54, 1.807) is 0 Å². The highest BCUT2D eigenvalue weighted by atomic mass is 16.4. The van der Waals surface area contributed by atoms with Crippen molar-refractivity contribution in [1.29, 1.82) is 0 Å². The SMILES string of the molecule is C=C(CCC(=O)O)CNC(=O)[C@@H](CC(=O)[C@H]1CCCN1)CC(C)C. The van der Waals surface area contributed by atoms with Crippen LogP contribution < -0.4 is 10.6 Å². The van der Waals surface area contributed by atoms with Crippen LogP contribution in [-0.2, 0) is 14.4 Å². The van der Waals surface area contributed by atoms with Crippen molar-refractivity contribution >= 4 is 17.7 Å². The number of carboxylic acids is 1. The number of hydrogen-bond acceptors (Lipinski definition) is 4. The van der Waals surface area contributed by atoms with Crippen molar-refractivity contribution in [3.63, 3.8) is 0 Å². The number of rotatable bonds is 11. The van der Waals surface area contributed by atoms with Crippen LogP contribution in [0.1, 0.15) is 52.4 Å². The van der Waals surface area contributed by atoms with Crippen LogP contribution in [0.4, 0.5) is 0 Å². The molecule has 1 amide bonds. The Morgan fingerprint density at radius 2 is 2.00 bits per heavy atom. The molecule has 2 atom stereocenters. The highest BCUT2D eigenvalue weighted by Crippen LogP contribution is 2.19. The molecule has 1 fully saturated rings. The summed E-state index contributed by atoms with van der Waals surface area (Å²) in [4.78, 5) is 35.3. The van der Waals surface area contributed by atoms with Gasteiger partial charge in [0, 0.05) is 25.3 Å². The Balaban J connectivity index is 2.49. The number of hydrogen-bond donors (Lipinski definition) is 3. The molecule has 0 spiro atoms. The summed E-state index contributed by atoms with van der Waals surface area (Å²) in [5, 5.41) is 14.6. The maximum absolute atomic E-state index is 12.4. The summed E-state index contributed by atoms with van der Waals surface area (Å²) in [6.45, 7) is 8.97. The molecule has 1 rings (SSSR count). The van der Waals surface area contributed by atoms with Gasteiger partial charge >= 0.3 is 5.97 Å². The van der Waals surface area contributed by atoms with Gasteiger partial charge in [-0.25, -0.2) is 0 Å². The monoisotopic (exact) mass is 338 g/mol. The van der Waals surface area contributed by atoms with Gasteiger partial charge in [-0.2, -0.15) is 0 Å². The van der Waals surface area contributed by atoms with Crippen LogP contribution in [0, 0.1) is 11.8 Å². The number of ketones is 1. The van der Waals surface area contributed by atoms with Gasteiger partial charge in [0.25, 0.3) is 0 Å². The molecule has 6 heteroatoms. The lowest BCUT2D eigenvalue weighted by atomic mass is 9.89. The molecule has 1 saturated heterocycles. The standard InChI is InChI=1S/C18H30N2O4/c1-12(2)9-14(10-16(21)15-5-4-8-19-15)18(24)20-11-13(3)6-7-17(22)23/h12,14-15,19H,3-11H2,1-2H3,(H,20,24)(H,22,23)/t14-,15-/m1/s1. The quantitative estimate of drug-likeness (QED) is 0.500. The van der Waals surface area contributed by atoms with Crippen molar-refractivity contribution in [2.45, 2.75) is 58.4 Å². The molecule has 0 bridgehead atoms. The molecule has 0 radical (unpaired) electrons. The van der Waals surface area contributed by atoms with E-state index in [-0.39, 0.29) is 43.0 Å². The molecule has 136 valence electrons. The first-order valence-electron chi connectivity index (χ1n) is 8.71. The van der Waals surface area contributed by atoms with Gasteiger partial charge in [0.15, 0.2) is 5.78 Å². The van der Waals surface area contributed by atoms with E-state index in [0.717, 1.165) is 19.4 Å². The predicted molar refractivity (Wildman–Crippen MR) is 92.6 cm³/mol. The summed E-state index contributed by atoms with van der Waals surface area (Å²) in [5.74, 6) is -0.938. The molecule has 1 heterocycles. The van der Waals surface area contributed by atoms with Crippen molar-refractivity contribution < 1.29 is 19.5 Å². The Morgan fingerprint density at radius 3 is 2.54 bits per heavy atom. The van der Waals surface area contributed by atoms with E-state index in [1.165, 1.54) is 0 Å². The zero-order valence-corrected chi connectivity index (χ0v) is 14.8. The van der Waals surface area contributed by atoms with Gasteiger partial charge in [-0.1, -0.05) is 26.0 Å². The Bertz CT molecular complexity index is 468. The minimum Gasteiger partial charge on any atom is -0.481 e. The first kappa shape index (κ1) is 20.4. The van der Waals surface area contributed by atoms with E-state index in [0.29, 0.717) is 24.3 Å². The van der Waals surface area contributed by atoms with Crippen LogP contribution in [-0.4, -0.2) is 41.9 Å². The lowest BCUT2D eigenvalue weighted by Crippen LogP contribution is -2.38. The molecule has 1 aliphatic heterocycles. The summed E-state index contributed by atoms with van der Waals surface area (Å²) in [7, 11) is 0. The number of aliphatic carboxylic acids is 1.